The SMILES string of the molecule is CN(Cc1ccccc1O)C(=O)NCCc1ccc(N(C)C)cc1. The molecule has 2 N–H and O–H groups in total. The average Bonchev–Trinajstić information content (AvgIpc) is 2.57. The number of phenolic OH excluding ortho intramolecular Hbond substituents is 1. The van der Waals surface area contributed by atoms with Gasteiger partial charge in [0.15, 0.2) is 0 Å². The molecule has 2 amide bonds. The van der Waals surface area contributed by atoms with Crippen molar-refractivity contribution in [1.82, 2.24) is 10.2 Å². The number of hydrogen-bond acceptors (Lipinski definition) is 3. The summed E-state index contributed by atoms with van der Waals surface area (Å²) in [5, 5.41) is 12.7. The monoisotopic (exact) mass is 327 g/mol. The van der Waals surface area contributed by atoms with Gasteiger partial charge in [0.05, 0.1) is 6.54 Å². The largest absolute Gasteiger partial charge is 0.508 e. The highest BCUT2D eigenvalue weighted by Crippen LogP contribution is 2.17. The minimum absolute atomic E-state index is 0.150. The lowest BCUT2D eigenvalue weighted by Crippen LogP contribution is -2.37. The summed E-state index contributed by atoms with van der Waals surface area (Å²) in [5.74, 6) is 0.207. The number of rotatable bonds is 6. The summed E-state index contributed by atoms with van der Waals surface area (Å²) in [6, 6.07) is 15.2. The van der Waals surface area contributed by atoms with E-state index in [9.17, 15) is 9.90 Å². The Kier molecular flexibility index (Phi) is 6.07. The fourth-order valence-electron chi connectivity index (χ4n) is 2.38. The van der Waals surface area contributed by atoms with E-state index < -0.39 is 0 Å². The van der Waals surface area contributed by atoms with E-state index in [0.717, 1.165) is 17.7 Å². The average molecular weight is 327 g/mol. The summed E-state index contributed by atoms with van der Waals surface area (Å²) in [5.41, 5.74) is 3.07. The molecule has 0 spiro atoms. The van der Waals surface area contributed by atoms with Gasteiger partial charge in [-0.2, -0.15) is 0 Å². The van der Waals surface area contributed by atoms with Crippen LogP contribution in [0.3, 0.4) is 0 Å². The quantitative estimate of drug-likeness (QED) is 0.858. The number of anilines is 1. The summed E-state index contributed by atoms with van der Waals surface area (Å²) < 4.78 is 0. The zero-order valence-electron chi connectivity index (χ0n) is 14.5. The molecule has 0 saturated heterocycles. The number of benzene rings is 2. The van der Waals surface area contributed by atoms with E-state index in [2.05, 4.69) is 34.5 Å². The lowest BCUT2D eigenvalue weighted by atomic mass is 10.1. The molecule has 5 nitrogen and oxygen atoms in total. The highest BCUT2D eigenvalue weighted by Gasteiger charge is 2.10. The Labute approximate surface area is 143 Å². The van der Waals surface area contributed by atoms with E-state index in [-0.39, 0.29) is 11.8 Å². The number of carbonyl (C=O) groups excluding carboxylic acids is 1. The molecular weight excluding hydrogens is 302 g/mol. The third kappa shape index (κ3) is 4.91. The van der Waals surface area contributed by atoms with Gasteiger partial charge in [0, 0.05) is 38.9 Å². The molecule has 0 heterocycles. The van der Waals surface area contributed by atoms with Gasteiger partial charge in [0.2, 0.25) is 0 Å². The summed E-state index contributed by atoms with van der Waals surface area (Å²) >= 11 is 0. The van der Waals surface area contributed by atoms with Crippen molar-refractivity contribution in [3.8, 4) is 5.75 Å². The van der Waals surface area contributed by atoms with Crippen LogP contribution in [-0.2, 0) is 13.0 Å². The van der Waals surface area contributed by atoms with Gasteiger partial charge in [-0.1, -0.05) is 30.3 Å². The number of nitrogens with zero attached hydrogens (tertiary/aromatic N) is 2. The Hall–Kier alpha value is -2.69. The molecule has 0 saturated carbocycles. The minimum atomic E-state index is -0.150. The van der Waals surface area contributed by atoms with Crippen molar-refractivity contribution in [2.45, 2.75) is 13.0 Å². The molecule has 0 unspecified atom stereocenters. The number of carbonyl (C=O) groups is 1. The number of aromatic hydroxyl groups is 1. The molecule has 0 aliphatic carbocycles. The molecular formula is C19H25N3O2. The molecule has 0 aliphatic heterocycles. The van der Waals surface area contributed by atoms with Gasteiger partial charge in [0.25, 0.3) is 0 Å². The molecule has 2 aromatic rings. The van der Waals surface area contributed by atoms with E-state index in [0.29, 0.717) is 13.1 Å². The second-order valence-corrected chi connectivity index (χ2v) is 6.03. The van der Waals surface area contributed by atoms with Crippen LogP contribution < -0.4 is 10.2 Å². The zero-order valence-corrected chi connectivity index (χ0v) is 14.5. The standard InChI is InChI=1S/C19H25N3O2/c1-21(2)17-10-8-15(9-11-17)12-13-20-19(24)22(3)14-16-6-4-5-7-18(16)23/h4-11,23H,12-14H2,1-3H3,(H,20,24). The molecule has 0 aromatic heterocycles. The first-order chi connectivity index (χ1) is 11.5. The number of amides is 2. The highest BCUT2D eigenvalue weighted by molar-refractivity contribution is 5.73. The van der Waals surface area contributed by atoms with Crippen molar-refractivity contribution in [2.24, 2.45) is 0 Å². The summed E-state index contributed by atoms with van der Waals surface area (Å²) in [6.07, 6.45) is 0.782. The smallest absolute Gasteiger partial charge is 0.317 e. The van der Waals surface area contributed by atoms with Crippen LogP contribution >= 0.6 is 0 Å². The van der Waals surface area contributed by atoms with Gasteiger partial charge in [0.1, 0.15) is 5.75 Å². The van der Waals surface area contributed by atoms with Crippen LogP contribution in [0.25, 0.3) is 0 Å². The van der Waals surface area contributed by atoms with Gasteiger partial charge in [-0.3, -0.25) is 0 Å². The normalized spacial score (nSPS) is 10.3. The van der Waals surface area contributed by atoms with Gasteiger partial charge in [-0.25, -0.2) is 4.79 Å². The fraction of sp³-hybridized carbons (Fsp3) is 0.316. The van der Waals surface area contributed by atoms with Crippen molar-refractivity contribution in [2.75, 3.05) is 32.6 Å². The highest BCUT2D eigenvalue weighted by atomic mass is 16.3. The van der Waals surface area contributed by atoms with E-state index in [1.165, 1.54) is 5.56 Å². The summed E-state index contributed by atoms with van der Waals surface area (Å²) in [6.45, 7) is 0.946. The van der Waals surface area contributed by atoms with Crippen LogP contribution in [0.15, 0.2) is 48.5 Å². The Bertz CT molecular complexity index is 669. The maximum Gasteiger partial charge on any atom is 0.317 e. The third-order valence-corrected chi connectivity index (χ3v) is 3.89. The van der Waals surface area contributed by atoms with Crippen LogP contribution in [0.4, 0.5) is 10.5 Å². The molecule has 2 aromatic carbocycles. The van der Waals surface area contributed by atoms with Crippen LogP contribution in [0.5, 0.6) is 5.75 Å². The second-order valence-electron chi connectivity index (χ2n) is 6.03. The van der Waals surface area contributed by atoms with Gasteiger partial charge >= 0.3 is 6.03 Å². The molecule has 0 radical (unpaired) electrons. The molecule has 128 valence electrons. The van der Waals surface area contributed by atoms with E-state index in [1.807, 2.05) is 26.2 Å². The van der Waals surface area contributed by atoms with E-state index >= 15 is 0 Å². The molecule has 0 bridgehead atoms. The number of para-hydroxylation sites is 1. The Morgan fingerprint density at radius 3 is 2.33 bits per heavy atom. The Balaban J connectivity index is 1.79. The third-order valence-electron chi connectivity index (χ3n) is 3.89. The van der Waals surface area contributed by atoms with Crippen LogP contribution in [0.1, 0.15) is 11.1 Å². The molecule has 24 heavy (non-hydrogen) atoms. The van der Waals surface area contributed by atoms with Crippen molar-refractivity contribution in [3.63, 3.8) is 0 Å². The van der Waals surface area contributed by atoms with Crippen LogP contribution in [0.2, 0.25) is 0 Å². The van der Waals surface area contributed by atoms with E-state index in [1.54, 1.807) is 24.1 Å². The van der Waals surface area contributed by atoms with Crippen molar-refractivity contribution in [3.05, 3.63) is 59.7 Å². The molecule has 0 fully saturated rings. The van der Waals surface area contributed by atoms with Gasteiger partial charge in [-0.15, -0.1) is 0 Å². The molecule has 0 aliphatic rings. The number of urea groups is 1. The van der Waals surface area contributed by atoms with Crippen molar-refractivity contribution < 1.29 is 9.90 Å². The fourth-order valence-corrected chi connectivity index (χ4v) is 2.38. The topological polar surface area (TPSA) is 55.8 Å². The van der Waals surface area contributed by atoms with E-state index in [4.69, 9.17) is 0 Å². The maximum atomic E-state index is 12.1. The lowest BCUT2D eigenvalue weighted by Gasteiger charge is -2.18. The summed E-state index contributed by atoms with van der Waals surface area (Å²) in [4.78, 5) is 15.7. The van der Waals surface area contributed by atoms with Crippen molar-refractivity contribution >= 4 is 11.7 Å². The maximum absolute atomic E-state index is 12.1. The first kappa shape index (κ1) is 17.7. The minimum Gasteiger partial charge on any atom is -0.508 e. The van der Waals surface area contributed by atoms with Crippen molar-refractivity contribution in [1.29, 1.82) is 0 Å². The predicted molar refractivity (Wildman–Crippen MR) is 97.4 cm³/mol. The first-order valence-corrected chi connectivity index (χ1v) is 7.99. The number of phenols is 1. The molecule has 0 atom stereocenters. The zero-order chi connectivity index (χ0) is 17.5. The Morgan fingerprint density at radius 1 is 1.04 bits per heavy atom. The number of hydrogen-bond donors (Lipinski definition) is 2. The molecule has 2 rings (SSSR count). The van der Waals surface area contributed by atoms with Gasteiger partial charge < -0.3 is 20.2 Å². The van der Waals surface area contributed by atoms with Gasteiger partial charge in [-0.05, 0) is 30.2 Å². The Morgan fingerprint density at radius 2 is 1.71 bits per heavy atom. The van der Waals surface area contributed by atoms with Crippen LogP contribution in [-0.4, -0.2) is 43.7 Å². The molecule has 5 heteroatoms. The number of nitrogens with one attached hydrogen (secondary N) is 1. The lowest BCUT2D eigenvalue weighted by molar-refractivity contribution is 0.206. The summed E-state index contributed by atoms with van der Waals surface area (Å²) in [7, 11) is 5.73. The predicted octanol–water partition coefficient (Wildman–Crippen LogP) is 2.84. The second kappa shape index (κ2) is 8.24. The first-order valence-electron chi connectivity index (χ1n) is 7.99. The van der Waals surface area contributed by atoms with Crippen LogP contribution in [0, 0.1) is 0 Å².